The Hall–Kier alpha value is -2.43. The molecule has 0 saturated carbocycles. The molecular formula is C17H18O5. The van der Waals surface area contributed by atoms with Gasteiger partial charge in [0.2, 0.25) is 11.5 Å². The van der Waals surface area contributed by atoms with Crippen LogP contribution in [0.4, 0.5) is 0 Å². The van der Waals surface area contributed by atoms with Crippen LogP contribution in [0.2, 0.25) is 0 Å². The molecule has 1 aliphatic carbocycles. The second kappa shape index (κ2) is 5.75. The lowest BCUT2D eigenvalue weighted by Crippen LogP contribution is -2.28. The summed E-state index contributed by atoms with van der Waals surface area (Å²) in [6.07, 6.45) is 7.92. The van der Waals surface area contributed by atoms with Gasteiger partial charge in [0.05, 0.1) is 26.2 Å². The summed E-state index contributed by atoms with van der Waals surface area (Å²) in [6.45, 7) is 0. The molecule has 0 radical (unpaired) electrons. The van der Waals surface area contributed by atoms with Crippen LogP contribution < -0.4 is 14.2 Å². The topological polar surface area (TPSA) is 65.0 Å². The summed E-state index contributed by atoms with van der Waals surface area (Å²) in [4.78, 5) is 12.4. The van der Waals surface area contributed by atoms with Crippen LogP contribution >= 0.6 is 0 Å². The van der Waals surface area contributed by atoms with Gasteiger partial charge in [-0.3, -0.25) is 4.79 Å². The zero-order valence-electron chi connectivity index (χ0n) is 12.6. The van der Waals surface area contributed by atoms with Crippen LogP contribution in [0.1, 0.15) is 29.6 Å². The van der Waals surface area contributed by atoms with Crippen molar-refractivity contribution in [1.29, 1.82) is 0 Å². The molecule has 2 aliphatic rings. The van der Waals surface area contributed by atoms with Crippen molar-refractivity contribution in [1.82, 2.24) is 0 Å². The number of ether oxygens (including phenoxy) is 3. The molecule has 5 nitrogen and oxygen atoms in total. The second-order valence-corrected chi connectivity index (χ2v) is 5.26. The molecule has 1 aliphatic heterocycles. The Morgan fingerprint density at radius 1 is 1.27 bits per heavy atom. The number of fused-ring (bicyclic) bond motifs is 1. The summed E-state index contributed by atoms with van der Waals surface area (Å²) in [5.74, 6) is 0.366. The van der Waals surface area contributed by atoms with Crippen LogP contribution in [-0.4, -0.2) is 31.2 Å². The molecule has 1 aromatic carbocycles. The number of ketones is 1. The maximum atomic E-state index is 12.4. The fraction of sp³-hybridized carbons (Fsp3) is 0.353. The van der Waals surface area contributed by atoms with Crippen molar-refractivity contribution in [2.24, 2.45) is 0 Å². The first-order valence-corrected chi connectivity index (χ1v) is 7.20. The van der Waals surface area contributed by atoms with Gasteiger partial charge in [0.25, 0.3) is 0 Å². The number of allylic oxidation sites excluding steroid dienone is 2. The fourth-order valence-corrected chi connectivity index (χ4v) is 2.81. The average Bonchev–Trinajstić information content (AvgIpc) is 2.56. The molecule has 5 heteroatoms. The van der Waals surface area contributed by atoms with Gasteiger partial charge < -0.3 is 19.3 Å². The minimum atomic E-state index is -0.374. The Kier molecular flexibility index (Phi) is 3.79. The van der Waals surface area contributed by atoms with Gasteiger partial charge in [-0.2, -0.15) is 0 Å². The third kappa shape index (κ3) is 2.32. The molecule has 3 rings (SSSR count). The smallest absolute Gasteiger partial charge is 0.207 e. The number of hydrogen-bond acceptors (Lipinski definition) is 5. The van der Waals surface area contributed by atoms with Gasteiger partial charge in [-0.1, -0.05) is 18.2 Å². The van der Waals surface area contributed by atoms with Crippen molar-refractivity contribution in [2.75, 3.05) is 14.2 Å². The molecule has 0 amide bonds. The van der Waals surface area contributed by atoms with Crippen molar-refractivity contribution in [3.8, 4) is 23.0 Å². The van der Waals surface area contributed by atoms with E-state index in [0.29, 0.717) is 11.3 Å². The van der Waals surface area contributed by atoms with Crippen LogP contribution in [0, 0.1) is 0 Å². The summed E-state index contributed by atoms with van der Waals surface area (Å²) < 4.78 is 16.2. The number of carbonyl (C=O) groups excluding carboxylic acids is 1. The zero-order chi connectivity index (χ0) is 15.7. The summed E-state index contributed by atoms with van der Waals surface area (Å²) in [5, 5.41) is 10.4. The van der Waals surface area contributed by atoms with E-state index < -0.39 is 0 Å². The minimum absolute atomic E-state index is 0.0811. The Morgan fingerprint density at radius 2 is 2.09 bits per heavy atom. The van der Waals surface area contributed by atoms with E-state index >= 15 is 0 Å². The first-order chi connectivity index (χ1) is 10.7. The summed E-state index contributed by atoms with van der Waals surface area (Å²) >= 11 is 0. The van der Waals surface area contributed by atoms with Gasteiger partial charge in [0.15, 0.2) is 17.3 Å². The minimum Gasteiger partial charge on any atom is -0.502 e. The maximum Gasteiger partial charge on any atom is 0.207 e. The monoisotopic (exact) mass is 302 g/mol. The molecule has 0 bridgehead atoms. The van der Waals surface area contributed by atoms with Gasteiger partial charge in [-0.05, 0) is 24.5 Å². The lowest BCUT2D eigenvalue weighted by molar-refractivity contribution is 0.0879. The van der Waals surface area contributed by atoms with Crippen molar-refractivity contribution >= 4 is 5.78 Å². The number of Topliss-reactive ketones (excluding diaryl/α,β-unsaturated/α-hetero) is 1. The number of carbonyl (C=O) groups is 1. The lowest BCUT2D eigenvalue weighted by Gasteiger charge is -2.28. The lowest BCUT2D eigenvalue weighted by atomic mass is 9.93. The number of aromatic hydroxyl groups is 1. The van der Waals surface area contributed by atoms with E-state index in [-0.39, 0.29) is 35.6 Å². The number of rotatable bonds is 3. The highest BCUT2D eigenvalue weighted by atomic mass is 16.5. The number of benzene rings is 1. The Morgan fingerprint density at radius 3 is 2.73 bits per heavy atom. The third-order valence-electron chi connectivity index (χ3n) is 3.92. The molecule has 0 aromatic heterocycles. The van der Waals surface area contributed by atoms with E-state index in [1.54, 1.807) is 6.07 Å². The summed E-state index contributed by atoms with van der Waals surface area (Å²) in [6, 6.07) is 1.55. The predicted octanol–water partition coefficient (Wildman–Crippen LogP) is 3.02. The molecule has 22 heavy (non-hydrogen) atoms. The molecule has 0 spiro atoms. The van der Waals surface area contributed by atoms with Crippen LogP contribution in [0.5, 0.6) is 23.0 Å². The molecule has 116 valence electrons. The van der Waals surface area contributed by atoms with Crippen molar-refractivity contribution in [3.05, 3.63) is 35.4 Å². The first-order valence-electron chi connectivity index (χ1n) is 7.20. The highest BCUT2D eigenvalue weighted by molar-refractivity contribution is 6.02. The van der Waals surface area contributed by atoms with Crippen LogP contribution in [0.3, 0.4) is 0 Å². The van der Waals surface area contributed by atoms with Gasteiger partial charge >= 0.3 is 0 Å². The van der Waals surface area contributed by atoms with Crippen molar-refractivity contribution in [2.45, 2.75) is 25.4 Å². The van der Waals surface area contributed by atoms with E-state index in [2.05, 4.69) is 12.2 Å². The molecule has 0 fully saturated rings. The number of methoxy groups -OCH3 is 2. The van der Waals surface area contributed by atoms with E-state index in [0.717, 1.165) is 18.4 Å². The number of hydrogen-bond donors (Lipinski definition) is 1. The van der Waals surface area contributed by atoms with Crippen LogP contribution in [0.25, 0.3) is 0 Å². The summed E-state index contributed by atoms with van der Waals surface area (Å²) in [7, 11) is 2.89. The Bertz CT molecular complexity index is 672. The highest BCUT2D eigenvalue weighted by Crippen LogP contribution is 2.48. The zero-order valence-corrected chi connectivity index (χ0v) is 12.6. The van der Waals surface area contributed by atoms with E-state index in [1.165, 1.54) is 14.2 Å². The quantitative estimate of drug-likeness (QED) is 0.929. The average molecular weight is 302 g/mol. The van der Waals surface area contributed by atoms with E-state index in [4.69, 9.17) is 14.2 Å². The first kappa shape index (κ1) is 14.5. The largest absolute Gasteiger partial charge is 0.502 e. The molecular weight excluding hydrogens is 284 g/mol. The fourth-order valence-electron chi connectivity index (χ4n) is 2.81. The standard InChI is InChI=1S/C17H18O5/c1-20-14-8-11-12(18)9-13(10-6-4-3-5-7-10)22-16(11)15(19)17(14)21-2/h4,6-8,13,19H,3,5,9H2,1-2H3. The van der Waals surface area contributed by atoms with Gasteiger partial charge in [-0.15, -0.1) is 0 Å². The maximum absolute atomic E-state index is 12.4. The molecule has 0 saturated heterocycles. The Balaban J connectivity index is 2.03. The van der Waals surface area contributed by atoms with E-state index in [1.807, 2.05) is 6.08 Å². The SMILES string of the molecule is COc1cc2c(c(O)c1OC)OC(C1=CCCC=C1)CC2=O. The number of phenols is 1. The molecule has 1 atom stereocenters. The van der Waals surface area contributed by atoms with Crippen molar-refractivity contribution < 1.29 is 24.1 Å². The Labute approximate surface area is 128 Å². The van der Waals surface area contributed by atoms with Gasteiger partial charge in [0.1, 0.15) is 6.10 Å². The van der Waals surface area contributed by atoms with Crippen molar-refractivity contribution in [3.63, 3.8) is 0 Å². The molecule has 1 aromatic rings. The summed E-state index contributed by atoms with van der Waals surface area (Å²) in [5.41, 5.74) is 1.30. The number of phenolic OH excluding ortho intramolecular Hbond substituents is 1. The molecule has 1 unspecified atom stereocenters. The van der Waals surface area contributed by atoms with Crippen LogP contribution in [-0.2, 0) is 0 Å². The van der Waals surface area contributed by atoms with Crippen LogP contribution in [0.15, 0.2) is 29.9 Å². The second-order valence-electron chi connectivity index (χ2n) is 5.26. The van der Waals surface area contributed by atoms with E-state index in [9.17, 15) is 9.90 Å². The molecule has 1 N–H and O–H groups in total. The highest BCUT2D eigenvalue weighted by Gasteiger charge is 2.33. The van der Waals surface area contributed by atoms with Gasteiger partial charge in [-0.25, -0.2) is 0 Å². The predicted molar refractivity (Wildman–Crippen MR) is 81.0 cm³/mol. The molecule has 1 heterocycles. The third-order valence-corrected chi connectivity index (χ3v) is 3.92. The normalized spacial score (nSPS) is 20.0. The van der Waals surface area contributed by atoms with Gasteiger partial charge in [0, 0.05) is 0 Å².